The van der Waals surface area contributed by atoms with Crippen LogP contribution in [0.1, 0.15) is 31.1 Å². The minimum atomic E-state index is -3.02. The Morgan fingerprint density at radius 2 is 1.80 bits per heavy atom. The van der Waals surface area contributed by atoms with Crippen LogP contribution in [0.25, 0.3) is 0 Å². The van der Waals surface area contributed by atoms with Gasteiger partial charge < -0.3 is 15.4 Å². The minimum Gasteiger partial charge on any atom is -0.444 e. The first-order valence-corrected chi connectivity index (χ1v) is 9.76. The van der Waals surface area contributed by atoms with Crippen molar-refractivity contribution >= 4 is 40.1 Å². The summed E-state index contributed by atoms with van der Waals surface area (Å²) in [5.41, 5.74) is -0.0628. The van der Waals surface area contributed by atoms with Crippen LogP contribution in [-0.2, 0) is 4.74 Å². The number of anilines is 1. The maximum absolute atomic E-state index is 12.1. The Morgan fingerprint density at radius 3 is 2.36 bits per heavy atom. The molecule has 10 heteroatoms. The molecule has 0 aromatic heterocycles. The molecule has 0 unspecified atom stereocenters. The van der Waals surface area contributed by atoms with Crippen molar-refractivity contribution in [2.24, 2.45) is 0 Å². The van der Waals surface area contributed by atoms with Crippen LogP contribution < -0.4 is 15.4 Å². The van der Waals surface area contributed by atoms with E-state index in [9.17, 15) is 18.7 Å². The van der Waals surface area contributed by atoms with Crippen molar-refractivity contribution in [1.29, 1.82) is 0 Å². The van der Waals surface area contributed by atoms with Gasteiger partial charge in [-0.15, -0.1) is 10.8 Å². The standard InChI is InChI=1S/C15H24ClN3O5S/c1-15(2,3)24-14(21)18-8-7-17-13(20)10-5-6-11(16)12(9-10)19-25(4,22)23/h5-6,9,19,22-23H,7-8H2,1-4H3,(H,17,20)(H,18,21). The van der Waals surface area contributed by atoms with Crippen LogP contribution in [0.15, 0.2) is 18.2 Å². The third kappa shape index (κ3) is 8.82. The molecule has 1 aromatic carbocycles. The average molecular weight is 394 g/mol. The Bertz CT molecular complexity index is 629. The van der Waals surface area contributed by atoms with Gasteiger partial charge in [0, 0.05) is 24.9 Å². The molecule has 142 valence electrons. The van der Waals surface area contributed by atoms with Gasteiger partial charge in [0.15, 0.2) is 0 Å². The van der Waals surface area contributed by atoms with Crippen molar-refractivity contribution in [3.63, 3.8) is 0 Å². The number of hydrogen-bond donors (Lipinski definition) is 5. The van der Waals surface area contributed by atoms with E-state index in [1.165, 1.54) is 24.5 Å². The van der Waals surface area contributed by atoms with Gasteiger partial charge in [-0.25, -0.2) is 4.79 Å². The lowest BCUT2D eigenvalue weighted by Gasteiger charge is -2.29. The fourth-order valence-corrected chi connectivity index (χ4v) is 2.52. The molecule has 0 spiro atoms. The van der Waals surface area contributed by atoms with Crippen molar-refractivity contribution in [3.05, 3.63) is 28.8 Å². The Kier molecular flexibility index (Phi) is 7.36. The number of hydrogen-bond acceptors (Lipinski definition) is 6. The SMILES string of the molecule is CC(C)(C)OC(=O)NCCNC(=O)c1ccc(Cl)c(NS(C)(O)O)c1. The predicted molar refractivity (Wildman–Crippen MR) is 100 cm³/mol. The third-order valence-corrected chi connectivity index (χ3v) is 3.55. The summed E-state index contributed by atoms with van der Waals surface area (Å²) in [7, 11) is -3.02. The summed E-state index contributed by atoms with van der Waals surface area (Å²) in [5, 5.41) is 5.41. The molecule has 0 aliphatic carbocycles. The van der Waals surface area contributed by atoms with Gasteiger partial charge in [0.25, 0.3) is 5.91 Å². The largest absolute Gasteiger partial charge is 0.444 e. The van der Waals surface area contributed by atoms with Crippen LogP contribution >= 0.6 is 22.4 Å². The molecular formula is C15H24ClN3O5S. The van der Waals surface area contributed by atoms with Crippen molar-refractivity contribution in [2.75, 3.05) is 24.1 Å². The van der Waals surface area contributed by atoms with Crippen molar-refractivity contribution < 1.29 is 23.4 Å². The molecule has 0 saturated heterocycles. The molecule has 25 heavy (non-hydrogen) atoms. The van der Waals surface area contributed by atoms with E-state index < -0.39 is 28.4 Å². The Labute approximate surface area is 153 Å². The van der Waals surface area contributed by atoms with E-state index in [0.29, 0.717) is 0 Å². The second kappa shape index (κ2) is 8.61. The maximum atomic E-state index is 12.1. The van der Waals surface area contributed by atoms with Gasteiger partial charge in [0.2, 0.25) is 0 Å². The fourth-order valence-electron chi connectivity index (χ4n) is 1.71. The predicted octanol–water partition coefficient (Wildman–Crippen LogP) is 3.30. The molecule has 0 heterocycles. The van der Waals surface area contributed by atoms with Crippen LogP contribution in [0, 0.1) is 0 Å². The van der Waals surface area contributed by atoms with E-state index in [4.69, 9.17) is 16.3 Å². The average Bonchev–Trinajstić information content (AvgIpc) is 2.42. The number of halogens is 1. The molecule has 0 radical (unpaired) electrons. The second-order valence-electron chi connectivity index (χ2n) is 6.31. The Balaban J connectivity index is 2.53. The maximum Gasteiger partial charge on any atom is 0.407 e. The third-order valence-electron chi connectivity index (χ3n) is 2.61. The molecule has 5 N–H and O–H groups in total. The van der Waals surface area contributed by atoms with Crippen molar-refractivity contribution in [1.82, 2.24) is 10.6 Å². The molecule has 0 fully saturated rings. The number of benzene rings is 1. The van der Waals surface area contributed by atoms with Crippen molar-refractivity contribution in [2.45, 2.75) is 26.4 Å². The first-order chi connectivity index (χ1) is 11.4. The highest BCUT2D eigenvalue weighted by Crippen LogP contribution is 2.37. The van der Waals surface area contributed by atoms with E-state index in [1.807, 2.05) is 0 Å². The molecule has 0 aliphatic heterocycles. The molecule has 1 aromatic rings. The lowest BCUT2D eigenvalue weighted by atomic mass is 10.2. The lowest BCUT2D eigenvalue weighted by Crippen LogP contribution is -2.37. The van der Waals surface area contributed by atoms with Crippen molar-refractivity contribution in [3.8, 4) is 0 Å². The normalized spacial score (nSPS) is 12.3. The van der Waals surface area contributed by atoms with Gasteiger partial charge in [-0.1, -0.05) is 11.6 Å². The van der Waals surface area contributed by atoms with Gasteiger partial charge in [-0.3, -0.25) is 18.6 Å². The number of amides is 2. The fraction of sp³-hybridized carbons (Fsp3) is 0.467. The highest BCUT2D eigenvalue weighted by atomic mass is 35.5. The zero-order chi connectivity index (χ0) is 19.3. The van der Waals surface area contributed by atoms with E-state index in [-0.39, 0.29) is 29.4 Å². The topological polar surface area (TPSA) is 120 Å². The molecule has 0 saturated carbocycles. The molecule has 0 bridgehead atoms. The van der Waals surface area contributed by atoms with E-state index in [2.05, 4.69) is 15.4 Å². The molecule has 8 nitrogen and oxygen atoms in total. The Hall–Kier alpha value is -1.68. The molecule has 0 aliphatic rings. The number of alkyl carbamates (subject to hydrolysis) is 1. The summed E-state index contributed by atoms with van der Waals surface area (Å²) in [6.45, 7) is 5.67. The summed E-state index contributed by atoms with van der Waals surface area (Å²) in [6, 6.07) is 4.39. The molecule has 1 rings (SSSR count). The lowest BCUT2D eigenvalue weighted by molar-refractivity contribution is 0.0526. The number of rotatable bonds is 6. The van der Waals surface area contributed by atoms with E-state index in [0.717, 1.165) is 0 Å². The first-order valence-electron chi connectivity index (χ1n) is 7.43. The summed E-state index contributed by atoms with van der Waals surface area (Å²) in [5.74, 6) is -0.390. The second-order valence-corrected chi connectivity index (χ2v) is 8.59. The van der Waals surface area contributed by atoms with E-state index in [1.54, 1.807) is 20.8 Å². The summed E-state index contributed by atoms with van der Waals surface area (Å²) in [6.07, 6.45) is 0.645. The van der Waals surface area contributed by atoms with Crippen LogP contribution in [0.2, 0.25) is 5.02 Å². The zero-order valence-corrected chi connectivity index (χ0v) is 16.1. The zero-order valence-electron chi connectivity index (χ0n) is 14.6. The van der Waals surface area contributed by atoms with E-state index >= 15 is 0 Å². The molecule has 0 atom stereocenters. The summed E-state index contributed by atoms with van der Waals surface area (Å²) >= 11 is 5.96. The van der Waals surface area contributed by atoms with Crippen LogP contribution in [0.5, 0.6) is 0 Å². The van der Waals surface area contributed by atoms with Crippen LogP contribution in [-0.4, -0.2) is 46.1 Å². The van der Waals surface area contributed by atoms with Gasteiger partial charge in [-0.2, -0.15) is 0 Å². The quantitative estimate of drug-likeness (QED) is 0.473. The summed E-state index contributed by atoms with van der Waals surface area (Å²) < 4.78 is 26.4. The van der Waals surface area contributed by atoms with Gasteiger partial charge in [0.05, 0.1) is 10.7 Å². The van der Waals surface area contributed by atoms with Gasteiger partial charge in [0.1, 0.15) is 5.60 Å². The van der Waals surface area contributed by atoms with Gasteiger partial charge in [-0.05, 0) is 39.0 Å². The number of ether oxygens (including phenoxy) is 1. The minimum absolute atomic E-state index is 0.201. The first kappa shape index (κ1) is 21.4. The molecule has 2 amide bonds. The Morgan fingerprint density at radius 1 is 1.20 bits per heavy atom. The van der Waals surface area contributed by atoms with Crippen LogP contribution in [0.3, 0.4) is 0 Å². The monoisotopic (exact) mass is 393 g/mol. The highest BCUT2D eigenvalue weighted by molar-refractivity contribution is 8.24. The number of nitrogens with one attached hydrogen (secondary N) is 3. The smallest absolute Gasteiger partial charge is 0.407 e. The number of carbonyl (C=O) groups is 2. The summed E-state index contributed by atoms with van der Waals surface area (Å²) in [4.78, 5) is 23.6. The van der Waals surface area contributed by atoms with Crippen LogP contribution in [0.4, 0.5) is 10.5 Å². The highest BCUT2D eigenvalue weighted by Gasteiger charge is 2.16. The molecular weight excluding hydrogens is 370 g/mol. The number of carbonyl (C=O) groups excluding carboxylic acids is 2. The van der Waals surface area contributed by atoms with Gasteiger partial charge >= 0.3 is 6.09 Å².